The van der Waals surface area contributed by atoms with Crippen LogP contribution in [0.4, 0.5) is 0 Å². The van der Waals surface area contributed by atoms with Crippen LogP contribution in [-0.4, -0.2) is 18.5 Å². The van der Waals surface area contributed by atoms with E-state index >= 15 is 0 Å². The highest BCUT2D eigenvalue weighted by atomic mass is 32.1. The fourth-order valence-corrected chi connectivity index (χ4v) is 3.06. The fourth-order valence-electron chi connectivity index (χ4n) is 2.22. The van der Waals surface area contributed by atoms with Crippen LogP contribution in [0.15, 0.2) is 34.1 Å². The molecule has 4 heteroatoms. The molecule has 0 aromatic carbocycles. The zero-order valence-electron chi connectivity index (χ0n) is 13.4. The molecule has 1 N–H and O–H groups in total. The second kappa shape index (κ2) is 7.78. The Morgan fingerprint density at radius 1 is 1.19 bits per heavy atom. The van der Waals surface area contributed by atoms with Gasteiger partial charge in [0.05, 0.1) is 13.1 Å². The molecule has 2 rings (SSSR count). The van der Waals surface area contributed by atoms with Gasteiger partial charge in [0.1, 0.15) is 11.5 Å². The Morgan fingerprint density at radius 3 is 2.62 bits per heavy atom. The van der Waals surface area contributed by atoms with E-state index in [2.05, 4.69) is 67.7 Å². The highest BCUT2D eigenvalue weighted by Crippen LogP contribution is 2.25. The summed E-state index contributed by atoms with van der Waals surface area (Å²) in [7, 11) is 2.14. The van der Waals surface area contributed by atoms with E-state index in [0.717, 1.165) is 31.2 Å². The number of thiophene rings is 1. The molecule has 2 aromatic heterocycles. The normalized spacial score (nSPS) is 13.2. The van der Waals surface area contributed by atoms with Crippen LogP contribution in [-0.2, 0) is 13.1 Å². The molecule has 0 spiro atoms. The van der Waals surface area contributed by atoms with E-state index in [0.29, 0.717) is 12.0 Å². The molecule has 0 saturated carbocycles. The van der Waals surface area contributed by atoms with E-state index in [1.54, 1.807) is 11.3 Å². The van der Waals surface area contributed by atoms with E-state index in [4.69, 9.17) is 4.42 Å². The summed E-state index contributed by atoms with van der Waals surface area (Å²) < 4.78 is 5.90. The summed E-state index contributed by atoms with van der Waals surface area (Å²) >= 11 is 1.81. The number of nitrogens with zero attached hydrogens (tertiary/aromatic N) is 1. The van der Waals surface area contributed by atoms with E-state index in [-0.39, 0.29) is 0 Å². The molecule has 3 nitrogen and oxygen atoms in total. The predicted octanol–water partition coefficient (Wildman–Crippen LogP) is 4.28. The van der Waals surface area contributed by atoms with Gasteiger partial charge >= 0.3 is 0 Å². The van der Waals surface area contributed by atoms with Gasteiger partial charge in [0.15, 0.2) is 0 Å². The zero-order valence-corrected chi connectivity index (χ0v) is 14.2. The van der Waals surface area contributed by atoms with Gasteiger partial charge in [-0.15, -0.1) is 11.3 Å². The Labute approximate surface area is 132 Å². The van der Waals surface area contributed by atoms with E-state index < -0.39 is 0 Å². The second-order valence-electron chi connectivity index (χ2n) is 6.00. The number of hydrogen-bond donors (Lipinski definition) is 1. The van der Waals surface area contributed by atoms with Crippen molar-refractivity contribution in [2.24, 2.45) is 5.92 Å². The lowest BCUT2D eigenvalue weighted by Gasteiger charge is -2.22. The molecule has 0 aliphatic carbocycles. The van der Waals surface area contributed by atoms with Crippen molar-refractivity contribution >= 4 is 11.3 Å². The maximum absolute atomic E-state index is 5.90. The van der Waals surface area contributed by atoms with Gasteiger partial charge in [-0.2, -0.15) is 0 Å². The van der Waals surface area contributed by atoms with Crippen molar-refractivity contribution in [3.05, 3.63) is 46.0 Å². The van der Waals surface area contributed by atoms with Crippen molar-refractivity contribution in [1.82, 2.24) is 10.2 Å². The molecule has 0 aliphatic rings. The van der Waals surface area contributed by atoms with Crippen molar-refractivity contribution in [2.45, 2.75) is 39.9 Å². The minimum atomic E-state index is 0.414. The fraction of sp³-hybridized carbons (Fsp3) is 0.529. The topological polar surface area (TPSA) is 28.4 Å². The minimum Gasteiger partial charge on any atom is -0.463 e. The summed E-state index contributed by atoms with van der Waals surface area (Å²) in [5.41, 5.74) is 0. The molecule has 0 saturated heterocycles. The van der Waals surface area contributed by atoms with E-state index in [1.807, 2.05) is 0 Å². The SMILES string of the molecule is CC(C)CNCc1ccc(CN(C)C(C)c2cccs2)o1. The lowest BCUT2D eigenvalue weighted by molar-refractivity contribution is 0.232. The molecular formula is C17H26N2OS. The van der Waals surface area contributed by atoms with Gasteiger partial charge in [0, 0.05) is 10.9 Å². The Kier molecular flexibility index (Phi) is 6.03. The van der Waals surface area contributed by atoms with Crippen LogP contribution in [0.2, 0.25) is 0 Å². The quantitative estimate of drug-likeness (QED) is 0.789. The van der Waals surface area contributed by atoms with Crippen LogP contribution in [0.3, 0.4) is 0 Å². The molecule has 0 fully saturated rings. The largest absolute Gasteiger partial charge is 0.463 e. The highest BCUT2D eigenvalue weighted by molar-refractivity contribution is 7.10. The van der Waals surface area contributed by atoms with Crippen molar-refractivity contribution < 1.29 is 4.42 Å². The summed E-state index contributed by atoms with van der Waals surface area (Å²) in [6.07, 6.45) is 0. The lowest BCUT2D eigenvalue weighted by atomic mass is 10.2. The van der Waals surface area contributed by atoms with Gasteiger partial charge in [0.25, 0.3) is 0 Å². The zero-order chi connectivity index (χ0) is 15.2. The van der Waals surface area contributed by atoms with E-state index in [9.17, 15) is 0 Å². The predicted molar refractivity (Wildman–Crippen MR) is 89.5 cm³/mol. The van der Waals surface area contributed by atoms with Crippen LogP contribution in [0, 0.1) is 5.92 Å². The molecule has 2 aromatic rings. The standard InChI is InChI=1S/C17H26N2OS/c1-13(2)10-18-11-15-7-8-16(20-15)12-19(4)14(3)17-6-5-9-21-17/h5-9,13-14,18H,10-12H2,1-4H3. The molecule has 1 atom stereocenters. The number of rotatable bonds is 8. The third-order valence-corrected chi connectivity index (χ3v) is 4.63. The van der Waals surface area contributed by atoms with Gasteiger partial charge in [-0.05, 0) is 50.0 Å². The van der Waals surface area contributed by atoms with Crippen LogP contribution in [0.25, 0.3) is 0 Å². The van der Waals surface area contributed by atoms with Crippen molar-refractivity contribution in [2.75, 3.05) is 13.6 Å². The summed E-state index contributed by atoms with van der Waals surface area (Å²) in [6.45, 7) is 9.32. The minimum absolute atomic E-state index is 0.414. The number of nitrogens with one attached hydrogen (secondary N) is 1. The maximum atomic E-state index is 5.90. The molecule has 1 unspecified atom stereocenters. The average Bonchev–Trinajstić information content (AvgIpc) is 3.09. The highest BCUT2D eigenvalue weighted by Gasteiger charge is 2.14. The first kappa shape index (κ1) is 16.3. The van der Waals surface area contributed by atoms with Gasteiger partial charge in [-0.25, -0.2) is 0 Å². The lowest BCUT2D eigenvalue weighted by Crippen LogP contribution is -2.21. The maximum Gasteiger partial charge on any atom is 0.118 e. The second-order valence-corrected chi connectivity index (χ2v) is 6.98. The van der Waals surface area contributed by atoms with Crippen LogP contribution < -0.4 is 5.32 Å². The van der Waals surface area contributed by atoms with Gasteiger partial charge in [-0.3, -0.25) is 4.90 Å². The van der Waals surface area contributed by atoms with Gasteiger partial charge < -0.3 is 9.73 Å². The smallest absolute Gasteiger partial charge is 0.118 e. The summed E-state index contributed by atoms with van der Waals surface area (Å²) in [6, 6.07) is 8.87. The number of hydrogen-bond acceptors (Lipinski definition) is 4. The molecule has 116 valence electrons. The van der Waals surface area contributed by atoms with Crippen LogP contribution >= 0.6 is 11.3 Å². The number of furan rings is 1. The molecule has 0 radical (unpaired) electrons. The Hall–Kier alpha value is -1.10. The molecule has 0 bridgehead atoms. The first-order chi connectivity index (χ1) is 10.1. The Morgan fingerprint density at radius 2 is 1.95 bits per heavy atom. The third kappa shape index (κ3) is 4.99. The van der Waals surface area contributed by atoms with Crippen molar-refractivity contribution in [3.63, 3.8) is 0 Å². The van der Waals surface area contributed by atoms with Crippen LogP contribution in [0.1, 0.15) is 43.2 Å². The van der Waals surface area contributed by atoms with E-state index in [1.165, 1.54) is 4.88 Å². The molecule has 0 amide bonds. The van der Waals surface area contributed by atoms with Gasteiger partial charge in [-0.1, -0.05) is 19.9 Å². The monoisotopic (exact) mass is 306 g/mol. The van der Waals surface area contributed by atoms with Crippen molar-refractivity contribution in [1.29, 1.82) is 0 Å². The summed E-state index contributed by atoms with van der Waals surface area (Å²) in [4.78, 5) is 3.71. The van der Waals surface area contributed by atoms with Crippen molar-refractivity contribution in [3.8, 4) is 0 Å². The molecule has 21 heavy (non-hydrogen) atoms. The Bertz CT molecular complexity index is 519. The first-order valence-electron chi connectivity index (χ1n) is 7.58. The Balaban J connectivity index is 1.84. The summed E-state index contributed by atoms with van der Waals surface area (Å²) in [5, 5.41) is 5.54. The first-order valence-corrected chi connectivity index (χ1v) is 8.46. The molecular weight excluding hydrogens is 280 g/mol. The van der Waals surface area contributed by atoms with Gasteiger partial charge in [0.2, 0.25) is 0 Å². The average molecular weight is 306 g/mol. The molecule has 0 aliphatic heterocycles. The summed E-state index contributed by atoms with van der Waals surface area (Å²) in [5.74, 6) is 2.71. The molecule has 2 heterocycles. The van der Waals surface area contributed by atoms with Crippen LogP contribution in [0.5, 0.6) is 0 Å². The third-order valence-electron chi connectivity index (χ3n) is 3.59.